The third kappa shape index (κ3) is 3.61. The first-order chi connectivity index (χ1) is 12.1. The maximum Gasteiger partial charge on any atom is 0.199 e. The molecule has 0 amide bonds. The zero-order valence-electron chi connectivity index (χ0n) is 13.8. The Morgan fingerprint density at radius 1 is 1.28 bits per heavy atom. The van der Waals surface area contributed by atoms with E-state index in [4.69, 9.17) is 21.7 Å². The number of aromatic nitrogens is 4. The summed E-state index contributed by atoms with van der Waals surface area (Å²) < 4.78 is 11.2. The highest BCUT2D eigenvalue weighted by Gasteiger charge is 2.29. The molecule has 1 aliphatic rings. The van der Waals surface area contributed by atoms with Gasteiger partial charge in [0.05, 0.1) is 13.2 Å². The first-order valence-electron chi connectivity index (χ1n) is 8.14. The SMILES string of the molecule is CN(Cc1ccc(Br)o1)Cn1nc(-c2ccncc2)n(C2CC2)c1=S. The van der Waals surface area contributed by atoms with Crippen LogP contribution in [0.25, 0.3) is 11.4 Å². The molecule has 3 heterocycles. The molecule has 3 aromatic heterocycles. The molecule has 6 nitrogen and oxygen atoms in total. The summed E-state index contributed by atoms with van der Waals surface area (Å²) in [6, 6.07) is 8.29. The molecule has 1 fully saturated rings. The summed E-state index contributed by atoms with van der Waals surface area (Å²) >= 11 is 9.04. The van der Waals surface area contributed by atoms with E-state index in [0.29, 0.717) is 19.3 Å². The van der Waals surface area contributed by atoms with Gasteiger partial charge in [-0.15, -0.1) is 0 Å². The predicted octanol–water partition coefficient (Wildman–Crippen LogP) is 4.26. The average molecular weight is 420 g/mol. The van der Waals surface area contributed by atoms with Crippen LogP contribution in [-0.2, 0) is 13.2 Å². The lowest BCUT2D eigenvalue weighted by molar-refractivity contribution is 0.224. The van der Waals surface area contributed by atoms with Gasteiger partial charge in [0, 0.05) is 24.0 Å². The van der Waals surface area contributed by atoms with Crippen molar-refractivity contribution in [2.45, 2.75) is 32.1 Å². The van der Waals surface area contributed by atoms with Gasteiger partial charge >= 0.3 is 0 Å². The van der Waals surface area contributed by atoms with Crippen molar-refractivity contribution in [2.24, 2.45) is 0 Å². The molecule has 3 aromatic rings. The number of nitrogens with zero attached hydrogens (tertiary/aromatic N) is 5. The molecule has 0 unspecified atom stereocenters. The fourth-order valence-electron chi connectivity index (χ4n) is 2.85. The minimum absolute atomic E-state index is 0.468. The van der Waals surface area contributed by atoms with Crippen LogP contribution in [-0.4, -0.2) is 31.3 Å². The van der Waals surface area contributed by atoms with Gasteiger partial charge in [0.1, 0.15) is 5.76 Å². The number of hydrogen-bond donors (Lipinski definition) is 0. The molecule has 0 saturated heterocycles. The fraction of sp³-hybridized carbons (Fsp3) is 0.353. The molecule has 0 spiro atoms. The monoisotopic (exact) mass is 419 g/mol. The quantitative estimate of drug-likeness (QED) is 0.558. The van der Waals surface area contributed by atoms with Crippen LogP contribution in [0.15, 0.2) is 45.7 Å². The van der Waals surface area contributed by atoms with Gasteiger partial charge in [-0.3, -0.25) is 14.5 Å². The Morgan fingerprint density at radius 3 is 2.68 bits per heavy atom. The van der Waals surface area contributed by atoms with E-state index in [9.17, 15) is 0 Å². The maximum atomic E-state index is 5.71. The van der Waals surface area contributed by atoms with Crippen LogP contribution >= 0.6 is 28.1 Å². The van der Waals surface area contributed by atoms with E-state index < -0.39 is 0 Å². The highest BCUT2D eigenvalue weighted by atomic mass is 79.9. The molecular formula is C17H18BrN5OS. The Balaban J connectivity index is 1.60. The Hall–Kier alpha value is -1.77. The van der Waals surface area contributed by atoms with Crippen LogP contribution in [0.3, 0.4) is 0 Å². The highest BCUT2D eigenvalue weighted by Crippen LogP contribution is 2.38. The minimum atomic E-state index is 0.468. The second-order valence-electron chi connectivity index (χ2n) is 6.30. The van der Waals surface area contributed by atoms with Crippen LogP contribution < -0.4 is 0 Å². The van der Waals surface area contributed by atoms with Crippen LogP contribution in [0.5, 0.6) is 0 Å². The molecule has 1 saturated carbocycles. The zero-order chi connectivity index (χ0) is 17.4. The van der Waals surface area contributed by atoms with Crippen LogP contribution in [0.1, 0.15) is 24.6 Å². The minimum Gasteiger partial charge on any atom is -0.453 e. The van der Waals surface area contributed by atoms with Gasteiger partial charge < -0.3 is 4.42 Å². The van der Waals surface area contributed by atoms with Crippen molar-refractivity contribution in [3.05, 3.63) is 51.9 Å². The molecule has 130 valence electrons. The standard InChI is InChI=1S/C17H18BrN5OS/c1-21(10-14-4-5-15(18)24-14)11-22-17(25)23(13-2-3-13)16(20-22)12-6-8-19-9-7-12/h4-9,13H,2-3,10-11H2,1H3. The van der Waals surface area contributed by atoms with E-state index >= 15 is 0 Å². The van der Waals surface area contributed by atoms with Gasteiger partial charge in [0.2, 0.25) is 0 Å². The molecule has 8 heteroatoms. The second-order valence-corrected chi connectivity index (χ2v) is 7.45. The number of rotatable bonds is 6. The van der Waals surface area contributed by atoms with Crippen LogP contribution in [0.4, 0.5) is 0 Å². The number of pyridine rings is 1. The normalized spacial score (nSPS) is 14.4. The van der Waals surface area contributed by atoms with Gasteiger partial charge in [0.25, 0.3) is 0 Å². The van der Waals surface area contributed by atoms with E-state index in [0.717, 1.165) is 39.4 Å². The third-order valence-corrected chi connectivity index (χ3v) is 4.98. The Morgan fingerprint density at radius 2 is 2.04 bits per heavy atom. The van der Waals surface area contributed by atoms with Crippen molar-refractivity contribution >= 4 is 28.1 Å². The summed E-state index contributed by atoms with van der Waals surface area (Å²) in [6.45, 7) is 1.29. The Labute approximate surface area is 159 Å². The van der Waals surface area contributed by atoms with E-state index in [1.807, 2.05) is 36.0 Å². The molecule has 0 radical (unpaired) electrons. The summed E-state index contributed by atoms with van der Waals surface area (Å²) in [6.07, 6.45) is 5.90. The molecule has 25 heavy (non-hydrogen) atoms. The molecule has 4 rings (SSSR count). The smallest absolute Gasteiger partial charge is 0.199 e. The highest BCUT2D eigenvalue weighted by molar-refractivity contribution is 9.10. The number of hydrogen-bond acceptors (Lipinski definition) is 5. The summed E-state index contributed by atoms with van der Waals surface area (Å²) in [4.78, 5) is 6.22. The maximum absolute atomic E-state index is 5.71. The van der Waals surface area contributed by atoms with Crippen molar-refractivity contribution in [2.75, 3.05) is 7.05 Å². The van der Waals surface area contributed by atoms with Gasteiger partial charge in [0.15, 0.2) is 15.3 Å². The topological polar surface area (TPSA) is 52.0 Å². The van der Waals surface area contributed by atoms with Gasteiger partial charge in [-0.25, -0.2) is 4.68 Å². The van der Waals surface area contributed by atoms with Gasteiger partial charge in [-0.1, -0.05) is 0 Å². The summed E-state index contributed by atoms with van der Waals surface area (Å²) in [7, 11) is 2.03. The van der Waals surface area contributed by atoms with Crippen LogP contribution in [0, 0.1) is 4.77 Å². The summed E-state index contributed by atoms with van der Waals surface area (Å²) in [5.41, 5.74) is 1.05. The van der Waals surface area contributed by atoms with Crippen molar-refractivity contribution in [1.29, 1.82) is 0 Å². The van der Waals surface area contributed by atoms with Gasteiger partial charge in [-0.2, -0.15) is 5.10 Å². The molecule has 0 N–H and O–H groups in total. The van der Waals surface area contributed by atoms with E-state index in [1.165, 1.54) is 0 Å². The zero-order valence-corrected chi connectivity index (χ0v) is 16.2. The first-order valence-corrected chi connectivity index (χ1v) is 9.34. The summed E-state index contributed by atoms with van der Waals surface area (Å²) in [5, 5.41) is 4.79. The van der Waals surface area contributed by atoms with Crippen LogP contribution in [0.2, 0.25) is 0 Å². The van der Waals surface area contributed by atoms with E-state index in [1.54, 1.807) is 12.4 Å². The molecule has 0 aromatic carbocycles. The fourth-order valence-corrected chi connectivity index (χ4v) is 3.53. The molecule has 0 aliphatic heterocycles. The molecule has 1 aliphatic carbocycles. The van der Waals surface area contributed by atoms with E-state index in [-0.39, 0.29) is 0 Å². The average Bonchev–Trinajstić information content (AvgIpc) is 3.28. The van der Waals surface area contributed by atoms with E-state index in [2.05, 4.69) is 30.4 Å². The lowest BCUT2D eigenvalue weighted by Gasteiger charge is -2.14. The molecule has 0 bridgehead atoms. The van der Waals surface area contributed by atoms with Crippen molar-refractivity contribution in [3.63, 3.8) is 0 Å². The Bertz CT molecular complexity index is 928. The molecule has 0 atom stereocenters. The second kappa shape index (κ2) is 6.86. The number of halogens is 1. The number of furan rings is 1. The lowest BCUT2D eigenvalue weighted by atomic mass is 10.2. The Kier molecular flexibility index (Phi) is 4.58. The first kappa shape index (κ1) is 16.7. The lowest BCUT2D eigenvalue weighted by Crippen LogP contribution is -2.22. The van der Waals surface area contributed by atoms with Gasteiger partial charge in [-0.05, 0) is 72.3 Å². The van der Waals surface area contributed by atoms with Crippen molar-refractivity contribution in [1.82, 2.24) is 24.2 Å². The third-order valence-electron chi connectivity index (χ3n) is 4.15. The largest absolute Gasteiger partial charge is 0.453 e. The predicted molar refractivity (Wildman–Crippen MR) is 100 cm³/mol. The summed E-state index contributed by atoms with van der Waals surface area (Å²) in [5.74, 6) is 1.82. The van der Waals surface area contributed by atoms with Crippen molar-refractivity contribution < 1.29 is 4.42 Å². The molecular weight excluding hydrogens is 402 g/mol. The van der Waals surface area contributed by atoms with Crippen molar-refractivity contribution in [3.8, 4) is 11.4 Å².